The zero-order valence-electron chi connectivity index (χ0n) is 9.71. The van der Waals surface area contributed by atoms with Crippen LogP contribution in [-0.4, -0.2) is 4.57 Å². The van der Waals surface area contributed by atoms with Crippen molar-refractivity contribution in [2.75, 3.05) is 0 Å². The Morgan fingerprint density at radius 3 is 3.07 bits per heavy atom. The van der Waals surface area contributed by atoms with E-state index in [0.717, 1.165) is 13.0 Å². The second kappa shape index (κ2) is 4.84. The summed E-state index contributed by atoms with van der Waals surface area (Å²) < 4.78 is 2.33. The average Bonchev–Trinajstić information content (AvgIpc) is 2.57. The van der Waals surface area contributed by atoms with Gasteiger partial charge in [0.2, 0.25) is 0 Å². The van der Waals surface area contributed by atoms with Crippen molar-refractivity contribution in [1.82, 2.24) is 4.57 Å². The Bertz CT molecular complexity index is 314. The fourth-order valence-electron chi connectivity index (χ4n) is 2.42. The molecule has 0 amide bonds. The molecule has 1 aromatic heterocycles. The molecule has 0 saturated heterocycles. The van der Waals surface area contributed by atoms with Gasteiger partial charge < -0.3 is 10.3 Å². The molecule has 84 valence electrons. The Hall–Kier alpha value is -0.760. The standard InChI is InChI=1S/C13H22N2/c1-2-3-8-15-9-11-6-4-5-7-13(14)12(11)10-15/h9-10,13H,2-8,14H2,1H3. The summed E-state index contributed by atoms with van der Waals surface area (Å²) in [6.07, 6.45) is 12.1. The van der Waals surface area contributed by atoms with Crippen molar-refractivity contribution >= 4 is 0 Å². The summed E-state index contributed by atoms with van der Waals surface area (Å²) in [5.74, 6) is 0. The van der Waals surface area contributed by atoms with Crippen LogP contribution in [0, 0.1) is 0 Å². The number of hydrogen-bond acceptors (Lipinski definition) is 1. The lowest BCUT2D eigenvalue weighted by Gasteiger charge is -2.07. The second-order valence-corrected chi connectivity index (χ2v) is 4.68. The van der Waals surface area contributed by atoms with Crippen LogP contribution in [0.3, 0.4) is 0 Å². The van der Waals surface area contributed by atoms with Crippen molar-refractivity contribution in [2.45, 2.75) is 58.0 Å². The van der Waals surface area contributed by atoms with Gasteiger partial charge >= 0.3 is 0 Å². The number of aromatic nitrogens is 1. The quantitative estimate of drug-likeness (QED) is 0.757. The lowest BCUT2D eigenvalue weighted by molar-refractivity contribution is 0.598. The summed E-state index contributed by atoms with van der Waals surface area (Å²) in [6, 6.07) is 0.283. The highest BCUT2D eigenvalue weighted by molar-refractivity contribution is 5.28. The van der Waals surface area contributed by atoms with Crippen LogP contribution in [0.2, 0.25) is 0 Å². The smallest absolute Gasteiger partial charge is 0.0312 e. The van der Waals surface area contributed by atoms with Gasteiger partial charge in [0, 0.05) is 25.0 Å². The normalized spacial score (nSPS) is 21.1. The van der Waals surface area contributed by atoms with E-state index in [1.807, 2.05) is 0 Å². The Kier molecular flexibility index (Phi) is 3.47. The number of hydrogen-bond donors (Lipinski definition) is 1. The van der Waals surface area contributed by atoms with E-state index in [0.29, 0.717) is 0 Å². The highest BCUT2D eigenvalue weighted by Gasteiger charge is 2.16. The zero-order chi connectivity index (χ0) is 10.7. The first-order chi connectivity index (χ1) is 7.31. The van der Waals surface area contributed by atoms with Crippen molar-refractivity contribution < 1.29 is 0 Å². The predicted molar refractivity (Wildman–Crippen MR) is 63.8 cm³/mol. The minimum absolute atomic E-state index is 0.283. The molecule has 2 N–H and O–H groups in total. The topological polar surface area (TPSA) is 30.9 Å². The van der Waals surface area contributed by atoms with Gasteiger partial charge in [0.15, 0.2) is 0 Å². The number of nitrogens with zero attached hydrogens (tertiary/aromatic N) is 1. The van der Waals surface area contributed by atoms with Crippen molar-refractivity contribution in [1.29, 1.82) is 0 Å². The molecule has 1 aliphatic rings. The summed E-state index contributed by atoms with van der Waals surface area (Å²) in [5, 5.41) is 0. The van der Waals surface area contributed by atoms with Crippen molar-refractivity contribution in [3.63, 3.8) is 0 Å². The molecule has 1 unspecified atom stereocenters. The minimum atomic E-state index is 0.283. The van der Waals surface area contributed by atoms with Crippen molar-refractivity contribution in [2.24, 2.45) is 5.73 Å². The van der Waals surface area contributed by atoms with Crippen LogP contribution in [-0.2, 0) is 13.0 Å². The van der Waals surface area contributed by atoms with E-state index in [9.17, 15) is 0 Å². The molecule has 1 aliphatic carbocycles. The second-order valence-electron chi connectivity index (χ2n) is 4.68. The molecular weight excluding hydrogens is 184 g/mol. The fraction of sp³-hybridized carbons (Fsp3) is 0.692. The van der Waals surface area contributed by atoms with Crippen LogP contribution in [0.1, 0.15) is 56.2 Å². The van der Waals surface area contributed by atoms with Gasteiger partial charge in [-0.05, 0) is 36.8 Å². The number of unbranched alkanes of at least 4 members (excludes halogenated alkanes) is 1. The SMILES string of the molecule is CCCCn1cc2c(c1)C(N)CCCC2. The third kappa shape index (κ3) is 2.43. The van der Waals surface area contributed by atoms with E-state index in [1.54, 1.807) is 0 Å². The molecule has 0 aromatic carbocycles. The van der Waals surface area contributed by atoms with Crippen molar-refractivity contribution in [3.05, 3.63) is 23.5 Å². The Balaban J connectivity index is 2.14. The lowest BCUT2D eigenvalue weighted by atomic mass is 10.1. The summed E-state index contributed by atoms with van der Waals surface area (Å²) in [5.41, 5.74) is 9.08. The number of nitrogens with two attached hydrogens (primary N) is 1. The zero-order valence-corrected chi connectivity index (χ0v) is 9.71. The predicted octanol–water partition coefficient (Wildman–Crippen LogP) is 3.01. The summed E-state index contributed by atoms with van der Waals surface area (Å²) in [7, 11) is 0. The minimum Gasteiger partial charge on any atom is -0.354 e. The van der Waals surface area contributed by atoms with Gasteiger partial charge in [0.05, 0.1) is 0 Å². The molecule has 0 radical (unpaired) electrons. The van der Waals surface area contributed by atoms with E-state index >= 15 is 0 Å². The third-order valence-corrected chi connectivity index (χ3v) is 3.38. The van der Waals surface area contributed by atoms with Gasteiger partial charge in [-0.2, -0.15) is 0 Å². The molecule has 1 aromatic rings. The first kappa shape index (κ1) is 10.7. The van der Waals surface area contributed by atoms with Crippen LogP contribution >= 0.6 is 0 Å². The average molecular weight is 206 g/mol. The van der Waals surface area contributed by atoms with E-state index < -0.39 is 0 Å². The van der Waals surface area contributed by atoms with Gasteiger partial charge in [-0.15, -0.1) is 0 Å². The van der Waals surface area contributed by atoms with Crippen LogP contribution in [0.5, 0.6) is 0 Å². The van der Waals surface area contributed by atoms with Crippen molar-refractivity contribution in [3.8, 4) is 0 Å². The highest BCUT2D eigenvalue weighted by Crippen LogP contribution is 2.27. The maximum atomic E-state index is 6.18. The van der Waals surface area contributed by atoms with E-state index in [2.05, 4.69) is 23.9 Å². The molecule has 0 fully saturated rings. The lowest BCUT2D eigenvalue weighted by Crippen LogP contribution is -2.09. The number of aryl methyl sites for hydroxylation is 2. The first-order valence-corrected chi connectivity index (χ1v) is 6.25. The Morgan fingerprint density at radius 1 is 1.40 bits per heavy atom. The molecule has 0 aliphatic heterocycles. The molecule has 2 nitrogen and oxygen atoms in total. The molecule has 15 heavy (non-hydrogen) atoms. The largest absolute Gasteiger partial charge is 0.354 e. The molecule has 0 saturated carbocycles. The number of rotatable bonds is 3. The first-order valence-electron chi connectivity index (χ1n) is 6.25. The van der Waals surface area contributed by atoms with Crippen LogP contribution < -0.4 is 5.73 Å². The fourth-order valence-corrected chi connectivity index (χ4v) is 2.42. The van der Waals surface area contributed by atoms with Gasteiger partial charge in [-0.25, -0.2) is 0 Å². The molecule has 2 heteroatoms. The van der Waals surface area contributed by atoms with Gasteiger partial charge in [-0.1, -0.05) is 19.8 Å². The van der Waals surface area contributed by atoms with E-state index in [4.69, 9.17) is 5.73 Å². The third-order valence-electron chi connectivity index (χ3n) is 3.38. The van der Waals surface area contributed by atoms with Gasteiger partial charge in [0.1, 0.15) is 0 Å². The molecule has 1 heterocycles. The van der Waals surface area contributed by atoms with Gasteiger partial charge in [-0.3, -0.25) is 0 Å². The Labute approximate surface area is 92.5 Å². The van der Waals surface area contributed by atoms with Gasteiger partial charge in [0.25, 0.3) is 0 Å². The van der Waals surface area contributed by atoms with Crippen LogP contribution in [0.4, 0.5) is 0 Å². The monoisotopic (exact) mass is 206 g/mol. The Morgan fingerprint density at radius 2 is 2.27 bits per heavy atom. The van der Waals surface area contributed by atoms with E-state index in [-0.39, 0.29) is 6.04 Å². The maximum Gasteiger partial charge on any atom is 0.0312 e. The highest BCUT2D eigenvalue weighted by atomic mass is 14.9. The summed E-state index contributed by atoms with van der Waals surface area (Å²) >= 11 is 0. The van der Waals surface area contributed by atoms with E-state index in [1.165, 1.54) is 43.2 Å². The molecule has 1 atom stereocenters. The van der Waals surface area contributed by atoms with Crippen LogP contribution in [0.15, 0.2) is 12.4 Å². The van der Waals surface area contributed by atoms with Crippen LogP contribution in [0.25, 0.3) is 0 Å². The molecule has 0 bridgehead atoms. The molecule has 2 rings (SSSR count). The number of fused-ring (bicyclic) bond motifs is 1. The molecule has 0 spiro atoms. The summed E-state index contributed by atoms with van der Waals surface area (Å²) in [6.45, 7) is 3.39. The summed E-state index contributed by atoms with van der Waals surface area (Å²) in [4.78, 5) is 0. The maximum absolute atomic E-state index is 6.18. The molecular formula is C13H22N2.